The predicted octanol–water partition coefficient (Wildman–Crippen LogP) is -0.545. The van der Waals surface area contributed by atoms with Crippen LogP contribution in [0.25, 0.3) is 0 Å². The standard InChI is InChI=1S/C5H11BN2.C2H4O2/c1-5-4-8(6)3-2-7-5;1-2(3)4/h5,7H,2-4H2,1H3;1H3,(H,3,4). The van der Waals surface area contributed by atoms with Crippen molar-refractivity contribution in [2.45, 2.75) is 19.9 Å². The molecule has 12 heavy (non-hydrogen) atoms. The highest BCUT2D eigenvalue weighted by molar-refractivity contribution is 6.04. The number of rotatable bonds is 0. The van der Waals surface area contributed by atoms with Crippen molar-refractivity contribution in [3.8, 4) is 0 Å². The van der Waals surface area contributed by atoms with Crippen LogP contribution in [0.2, 0.25) is 0 Å². The number of hydrogen-bond acceptors (Lipinski definition) is 3. The monoisotopic (exact) mass is 170 g/mol. The summed E-state index contributed by atoms with van der Waals surface area (Å²) in [6, 6.07) is 0.564. The zero-order valence-electron chi connectivity index (χ0n) is 7.58. The first-order valence-electron chi connectivity index (χ1n) is 3.95. The molecular formula is C7H15BN2O2. The molecule has 2 N–H and O–H groups in total. The minimum Gasteiger partial charge on any atom is -0.481 e. The van der Waals surface area contributed by atoms with Gasteiger partial charge in [0.1, 0.15) is 0 Å². The minimum atomic E-state index is -0.833. The van der Waals surface area contributed by atoms with E-state index >= 15 is 0 Å². The van der Waals surface area contributed by atoms with Crippen LogP contribution in [-0.4, -0.2) is 49.5 Å². The van der Waals surface area contributed by atoms with Crippen molar-refractivity contribution in [2.75, 3.05) is 19.6 Å². The highest BCUT2D eigenvalue weighted by atomic mass is 16.4. The van der Waals surface area contributed by atoms with Gasteiger partial charge in [-0.05, 0) is 13.5 Å². The molecule has 1 aliphatic rings. The lowest BCUT2D eigenvalue weighted by Gasteiger charge is -2.28. The van der Waals surface area contributed by atoms with Crippen LogP contribution in [0.5, 0.6) is 0 Å². The maximum atomic E-state index is 9.00. The number of nitrogens with one attached hydrogen (secondary N) is 1. The van der Waals surface area contributed by atoms with E-state index in [1.807, 2.05) is 4.81 Å². The second-order valence-electron chi connectivity index (χ2n) is 2.87. The number of nitrogens with zero attached hydrogens (tertiary/aromatic N) is 1. The van der Waals surface area contributed by atoms with Gasteiger partial charge in [-0.15, -0.1) is 0 Å². The molecule has 0 bridgehead atoms. The zero-order valence-corrected chi connectivity index (χ0v) is 7.58. The lowest BCUT2D eigenvalue weighted by molar-refractivity contribution is -0.134. The molecule has 2 radical (unpaired) electrons. The first-order valence-corrected chi connectivity index (χ1v) is 3.95. The molecule has 4 nitrogen and oxygen atoms in total. The third kappa shape index (κ3) is 7.56. The number of aliphatic carboxylic acids is 1. The fourth-order valence-electron chi connectivity index (χ4n) is 0.962. The zero-order chi connectivity index (χ0) is 9.56. The van der Waals surface area contributed by atoms with Gasteiger partial charge >= 0.3 is 0 Å². The first kappa shape index (κ1) is 11.5. The summed E-state index contributed by atoms with van der Waals surface area (Å²) >= 11 is 0. The normalized spacial score (nSPS) is 24.0. The Labute approximate surface area is 74.4 Å². The van der Waals surface area contributed by atoms with Crippen molar-refractivity contribution in [1.29, 1.82) is 0 Å². The Morgan fingerprint density at radius 1 is 1.75 bits per heavy atom. The Hall–Kier alpha value is -0.545. The van der Waals surface area contributed by atoms with E-state index in [1.54, 1.807) is 0 Å². The highest BCUT2D eigenvalue weighted by Gasteiger charge is 2.09. The molecule has 0 aromatic rings. The summed E-state index contributed by atoms with van der Waals surface area (Å²) in [5.41, 5.74) is 0. The van der Waals surface area contributed by atoms with Crippen LogP contribution < -0.4 is 5.32 Å². The maximum Gasteiger partial charge on any atom is 0.300 e. The molecule has 0 aliphatic carbocycles. The smallest absolute Gasteiger partial charge is 0.300 e. The summed E-state index contributed by atoms with van der Waals surface area (Å²) in [7, 11) is 5.52. The van der Waals surface area contributed by atoms with Gasteiger partial charge in [0.25, 0.3) is 5.97 Å². The second kappa shape index (κ2) is 6.02. The molecule has 1 unspecified atom stereocenters. The van der Waals surface area contributed by atoms with E-state index < -0.39 is 5.97 Å². The van der Waals surface area contributed by atoms with Crippen LogP contribution in [0.15, 0.2) is 0 Å². The molecule has 0 aromatic heterocycles. The highest BCUT2D eigenvalue weighted by Crippen LogP contribution is 1.91. The number of piperazine rings is 1. The van der Waals surface area contributed by atoms with Crippen LogP contribution in [-0.2, 0) is 4.79 Å². The van der Waals surface area contributed by atoms with Crippen LogP contribution >= 0.6 is 0 Å². The lowest BCUT2D eigenvalue weighted by Crippen LogP contribution is -2.47. The van der Waals surface area contributed by atoms with Gasteiger partial charge in [-0.25, -0.2) is 0 Å². The van der Waals surface area contributed by atoms with Gasteiger partial charge in [0.15, 0.2) is 7.98 Å². The molecule has 0 amide bonds. The summed E-state index contributed by atoms with van der Waals surface area (Å²) in [5, 5.41) is 10.7. The molecule has 1 aliphatic heterocycles. The van der Waals surface area contributed by atoms with E-state index in [-0.39, 0.29) is 0 Å². The fourth-order valence-corrected chi connectivity index (χ4v) is 0.962. The lowest BCUT2D eigenvalue weighted by atomic mass is 10.2. The molecule has 1 atom stereocenters. The number of carboxylic acids is 1. The Balaban J connectivity index is 0.000000261. The molecule has 5 heteroatoms. The summed E-state index contributed by atoms with van der Waals surface area (Å²) in [5.74, 6) is -0.833. The third-order valence-electron chi connectivity index (χ3n) is 1.40. The average molecular weight is 170 g/mol. The number of hydrogen-bond donors (Lipinski definition) is 2. The van der Waals surface area contributed by atoms with Gasteiger partial charge < -0.3 is 15.2 Å². The third-order valence-corrected chi connectivity index (χ3v) is 1.40. The van der Waals surface area contributed by atoms with Crippen LogP contribution in [0.1, 0.15) is 13.8 Å². The number of carboxylic acid groups (broad SMARTS) is 1. The quantitative estimate of drug-likeness (QED) is 0.479. The first-order chi connectivity index (χ1) is 5.52. The summed E-state index contributed by atoms with van der Waals surface area (Å²) in [6.45, 7) is 6.20. The van der Waals surface area contributed by atoms with E-state index in [1.165, 1.54) is 0 Å². The maximum absolute atomic E-state index is 9.00. The molecule has 1 heterocycles. The molecule has 68 valence electrons. The Kier molecular flexibility index (Phi) is 5.75. The van der Waals surface area contributed by atoms with Crippen molar-refractivity contribution in [2.24, 2.45) is 0 Å². The van der Waals surface area contributed by atoms with Crippen molar-refractivity contribution >= 4 is 14.0 Å². The molecule has 1 saturated heterocycles. The fraction of sp³-hybridized carbons (Fsp3) is 0.857. The molecule has 1 fully saturated rings. The minimum absolute atomic E-state index is 0.564. The van der Waals surface area contributed by atoms with E-state index in [0.29, 0.717) is 6.04 Å². The molecule has 0 saturated carbocycles. The topological polar surface area (TPSA) is 52.6 Å². The van der Waals surface area contributed by atoms with Gasteiger partial charge in [-0.2, -0.15) is 0 Å². The average Bonchev–Trinajstić information content (AvgIpc) is 1.84. The predicted molar refractivity (Wildman–Crippen MR) is 48.1 cm³/mol. The molecule has 0 spiro atoms. The van der Waals surface area contributed by atoms with Gasteiger partial charge in [0.05, 0.1) is 0 Å². The molecule has 0 aromatic carbocycles. The van der Waals surface area contributed by atoms with Crippen molar-refractivity contribution in [3.05, 3.63) is 0 Å². The summed E-state index contributed by atoms with van der Waals surface area (Å²) in [6.07, 6.45) is 0. The van der Waals surface area contributed by atoms with Gasteiger partial charge in [0.2, 0.25) is 0 Å². The van der Waals surface area contributed by atoms with Crippen molar-refractivity contribution < 1.29 is 9.90 Å². The van der Waals surface area contributed by atoms with Crippen molar-refractivity contribution in [1.82, 2.24) is 10.1 Å². The molecular weight excluding hydrogens is 155 g/mol. The van der Waals surface area contributed by atoms with Crippen molar-refractivity contribution in [3.63, 3.8) is 0 Å². The van der Waals surface area contributed by atoms with Gasteiger partial charge in [0, 0.05) is 26.1 Å². The summed E-state index contributed by atoms with van der Waals surface area (Å²) in [4.78, 5) is 10.8. The van der Waals surface area contributed by atoms with E-state index in [9.17, 15) is 0 Å². The largest absolute Gasteiger partial charge is 0.481 e. The van der Waals surface area contributed by atoms with Gasteiger partial charge in [-0.1, -0.05) is 0 Å². The van der Waals surface area contributed by atoms with Crippen LogP contribution in [0, 0.1) is 0 Å². The van der Waals surface area contributed by atoms with Gasteiger partial charge in [-0.3, -0.25) is 4.79 Å². The second-order valence-corrected chi connectivity index (χ2v) is 2.87. The molecule has 1 rings (SSSR count). The Morgan fingerprint density at radius 3 is 2.50 bits per heavy atom. The van der Waals surface area contributed by atoms with E-state index in [2.05, 4.69) is 12.2 Å². The number of carbonyl (C=O) groups is 1. The SMILES string of the molecule is CC(=O)O.[B]N1CCNC(C)C1. The van der Waals surface area contributed by atoms with Crippen LogP contribution in [0.3, 0.4) is 0 Å². The summed E-state index contributed by atoms with van der Waals surface area (Å²) < 4.78 is 0. The van der Waals surface area contributed by atoms with E-state index in [4.69, 9.17) is 17.9 Å². The Morgan fingerprint density at radius 2 is 2.25 bits per heavy atom. The van der Waals surface area contributed by atoms with Crippen LogP contribution in [0.4, 0.5) is 0 Å². The Bertz CT molecular complexity index is 131. The van der Waals surface area contributed by atoms with E-state index in [0.717, 1.165) is 26.6 Å².